The number of methoxy groups -OCH3 is 1. The van der Waals surface area contributed by atoms with Gasteiger partial charge in [-0.05, 0) is 25.0 Å². The maximum absolute atomic E-state index is 12.3. The Hall–Kier alpha value is -2.14. The highest BCUT2D eigenvalue weighted by atomic mass is 16.5. The van der Waals surface area contributed by atoms with E-state index in [0.29, 0.717) is 19.4 Å². The van der Waals surface area contributed by atoms with Crippen LogP contribution in [-0.4, -0.2) is 31.7 Å². The van der Waals surface area contributed by atoms with Gasteiger partial charge >= 0.3 is 5.97 Å². The van der Waals surface area contributed by atoms with E-state index in [1.165, 1.54) is 7.11 Å². The number of esters is 1. The lowest BCUT2D eigenvalue weighted by atomic mass is 10.1. The number of benzene rings is 1. The lowest BCUT2D eigenvalue weighted by molar-refractivity contribution is -0.140. The Morgan fingerprint density at radius 1 is 1.17 bits per heavy atom. The van der Waals surface area contributed by atoms with Gasteiger partial charge in [0.05, 0.1) is 13.7 Å². The molecule has 1 aromatic rings. The first-order valence-electron chi connectivity index (χ1n) is 8.32. The van der Waals surface area contributed by atoms with E-state index in [2.05, 4.69) is 16.6 Å². The van der Waals surface area contributed by atoms with Crippen LogP contribution < -0.4 is 5.32 Å². The summed E-state index contributed by atoms with van der Waals surface area (Å²) in [5.74, 6) is -0.318. The van der Waals surface area contributed by atoms with Crippen LogP contribution in [0.1, 0.15) is 38.5 Å². The van der Waals surface area contributed by atoms with Crippen LogP contribution in [0.3, 0.4) is 0 Å². The Balaban J connectivity index is 2.34. The molecule has 0 saturated heterocycles. The zero-order valence-electron chi connectivity index (χ0n) is 14.3. The van der Waals surface area contributed by atoms with Gasteiger partial charge < -0.3 is 14.8 Å². The Morgan fingerprint density at radius 3 is 2.54 bits per heavy atom. The molecule has 1 rings (SSSR count). The van der Waals surface area contributed by atoms with Crippen LogP contribution in [0.4, 0.5) is 5.69 Å². The number of amides is 1. The third-order valence-electron chi connectivity index (χ3n) is 3.57. The Kier molecular flexibility index (Phi) is 10.2. The van der Waals surface area contributed by atoms with Crippen LogP contribution in [0, 0.1) is 0 Å². The van der Waals surface area contributed by atoms with E-state index in [9.17, 15) is 9.59 Å². The van der Waals surface area contributed by atoms with Crippen LogP contribution >= 0.6 is 0 Å². The molecule has 0 spiro atoms. The van der Waals surface area contributed by atoms with Gasteiger partial charge in [-0.3, -0.25) is 9.59 Å². The second kappa shape index (κ2) is 12.3. The topological polar surface area (TPSA) is 64.6 Å². The van der Waals surface area contributed by atoms with Gasteiger partial charge in [-0.2, -0.15) is 0 Å². The second-order valence-electron chi connectivity index (χ2n) is 5.49. The van der Waals surface area contributed by atoms with Crippen molar-refractivity contribution >= 4 is 17.6 Å². The molecule has 0 aliphatic heterocycles. The number of hydrogen-bond donors (Lipinski definition) is 1. The molecule has 1 N–H and O–H groups in total. The molecule has 132 valence electrons. The first-order valence-corrected chi connectivity index (χ1v) is 8.32. The predicted molar refractivity (Wildman–Crippen MR) is 94.7 cm³/mol. The Bertz CT molecular complexity index is 501. The van der Waals surface area contributed by atoms with Crippen LogP contribution in [-0.2, 0) is 19.1 Å². The first-order chi connectivity index (χ1) is 11.7. The van der Waals surface area contributed by atoms with E-state index in [-0.39, 0.29) is 11.9 Å². The fraction of sp³-hybridized carbons (Fsp3) is 0.474. The van der Waals surface area contributed by atoms with E-state index < -0.39 is 6.10 Å². The quantitative estimate of drug-likeness (QED) is 0.360. The molecule has 0 bridgehead atoms. The molecule has 0 aromatic heterocycles. The highest BCUT2D eigenvalue weighted by Crippen LogP contribution is 2.13. The van der Waals surface area contributed by atoms with Crippen LogP contribution in [0.5, 0.6) is 0 Å². The van der Waals surface area contributed by atoms with Crippen molar-refractivity contribution in [1.82, 2.24) is 0 Å². The molecule has 0 aliphatic carbocycles. The minimum atomic E-state index is -0.496. The van der Waals surface area contributed by atoms with Crippen molar-refractivity contribution < 1.29 is 19.1 Å². The summed E-state index contributed by atoms with van der Waals surface area (Å²) in [6, 6.07) is 9.33. The van der Waals surface area contributed by atoms with Gasteiger partial charge in [-0.1, -0.05) is 43.5 Å². The maximum Gasteiger partial charge on any atom is 0.305 e. The first kappa shape index (κ1) is 19.9. The number of hydrogen-bond acceptors (Lipinski definition) is 4. The van der Waals surface area contributed by atoms with E-state index in [1.54, 1.807) is 6.08 Å². The Morgan fingerprint density at radius 2 is 1.88 bits per heavy atom. The summed E-state index contributed by atoms with van der Waals surface area (Å²) in [5, 5.41) is 2.87. The van der Waals surface area contributed by atoms with Crippen LogP contribution in [0.2, 0.25) is 0 Å². The molecule has 1 atom stereocenters. The number of anilines is 1. The SMILES string of the molecule is C=CCOC(CCCCCCC(=O)OC)C(=O)Nc1ccccc1. The summed E-state index contributed by atoms with van der Waals surface area (Å²) < 4.78 is 10.2. The highest BCUT2D eigenvalue weighted by Gasteiger charge is 2.18. The van der Waals surface area contributed by atoms with Gasteiger partial charge in [0.15, 0.2) is 0 Å². The van der Waals surface area contributed by atoms with Crippen molar-refractivity contribution in [2.24, 2.45) is 0 Å². The lowest BCUT2D eigenvalue weighted by Crippen LogP contribution is -2.30. The van der Waals surface area contributed by atoms with Gasteiger partial charge in [0.2, 0.25) is 0 Å². The normalized spacial score (nSPS) is 11.5. The van der Waals surface area contributed by atoms with Gasteiger partial charge in [-0.25, -0.2) is 0 Å². The van der Waals surface area contributed by atoms with Gasteiger partial charge in [0, 0.05) is 12.1 Å². The summed E-state index contributed by atoms with van der Waals surface area (Å²) in [6.07, 6.45) is 5.79. The predicted octanol–water partition coefficient (Wildman–Crippen LogP) is 3.71. The molecule has 1 amide bonds. The number of rotatable bonds is 12. The number of para-hydroxylation sites is 1. The summed E-state index contributed by atoms with van der Waals surface area (Å²) >= 11 is 0. The van der Waals surface area contributed by atoms with E-state index in [1.807, 2.05) is 30.3 Å². The third kappa shape index (κ3) is 8.48. The number of nitrogens with one attached hydrogen (secondary N) is 1. The fourth-order valence-electron chi connectivity index (χ4n) is 2.27. The van der Waals surface area contributed by atoms with Crippen LogP contribution in [0.15, 0.2) is 43.0 Å². The van der Waals surface area contributed by atoms with E-state index >= 15 is 0 Å². The van der Waals surface area contributed by atoms with Crippen molar-refractivity contribution in [2.45, 2.75) is 44.6 Å². The average Bonchev–Trinajstić information content (AvgIpc) is 2.60. The average molecular weight is 333 g/mol. The van der Waals surface area contributed by atoms with E-state index in [0.717, 1.165) is 31.4 Å². The summed E-state index contributed by atoms with van der Waals surface area (Å²) in [5.41, 5.74) is 0.757. The highest BCUT2D eigenvalue weighted by molar-refractivity contribution is 5.94. The second-order valence-corrected chi connectivity index (χ2v) is 5.49. The fourth-order valence-corrected chi connectivity index (χ4v) is 2.27. The number of unbranched alkanes of at least 4 members (excludes halogenated alkanes) is 3. The van der Waals surface area contributed by atoms with Gasteiger partial charge in [0.25, 0.3) is 5.91 Å². The monoisotopic (exact) mass is 333 g/mol. The molecule has 0 fully saturated rings. The lowest BCUT2D eigenvalue weighted by Gasteiger charge is -2.17. The molecule has 0 heterocycles. The van der Waals surface area contributed by atoms with Crippen LogP contribution in [0.25, 0.3) is 0 Å². The molecule has 0 saturated carbocycles. The summed E-state index contributed by atoms with van der Waals surface area (Å²) in [4.78, 5) is 23.4. The number of carbonyl (C=O) groups excluding carboxylic acids is 2. The molecule has 5 heteroatoms. The van der Waals surface area contributed by atoms with Crippen molar-refractivity contribution in [3.05, 3.63) is 43.0 Å². The van der Waals surface area contributed by atoms with E-state index in [4.69, 9.17) is 4.74 Å². The molecular weight excluding hydrogens is 306 g/mol. The van der Waals surface area contributed by atoms with Gasteiger partial charge in [0.1, 0.15) is 6.10 Å². The summed E-state index contributed by atoms with van der Waals surface area (Å²) in [6.45, 7) is 3.96. The molecule has 24 heavy (non-hydrogen) atoms. The van der Waals surface area contributed by atoms with Crippen molar-refractivity contribution in [1.29, 1.82) is 0 Å². The molecule has 0 aliphatic rings. The molecule has 0 radical (unpaired) electrons. The molecule has 1 unspecified atom stereocenters. The largest absolute Gasteiger partial charge is 0.469 e. The summed E-state index contributed by atoms with van der Waals surface area (Å²) in [7, 11) is 1.40. The van der Waals surface area contributed by atoms with Crippen molar-refractivity contribution in [3.8, 4) is 0 Å². The number of carbonyl (C=O) groups is 2. The van der Waals surface area contributed by atoms with Gasteiger partial charge in [-0.15, -0.1) is 6.58 Å². The zero-order chi connectivity index (χ0) is 17.6. The third-order valence-corrected chi connectivity index (χ3v) is 3.57. The standard InChI is InChI=1S/C19H27NO4/c1-3-15-24-17(13-9-4-5-10-14-18(21)23-2)19(22)20-16-11-7-6-8-12-16/h3,6-8,11-12,17H,1,4-5,9-10,13-15H2,2H3,(H,20,22). The smallest absolute Gasteiger partial charge is 0.305 e. The maximum atomic E-state index is 12.3. The molecule has 1 aromatic carbocycles. The van der Waals surface area contributed by atoms with Crippen molar-refractivity contribution in [3.63, 3.8) is 0 Å². The minimum Gasteiger partial charge on any atom is -0.469 e. The number of ether oxygens (including phenoxy) is 2. The molecule has 5 nitrogen and oxygen atoms in total. The minimum absolute atomic E-state index is 0.141. The molecular formula is C19H27NO4. The zero-order valence-corrected chi connectivity index (χ0v) is 14.3. The van der Waals surface area contributed by atoms with Crippen molar-refractivity contribution in [2.75, 3.05) is 19.0 Å². The Labute approximate surface area is 144 Å².